The molecule has 0 spiro atoms. The summed E-state index contributed by atoms with van der Waals surface area (Å²) >= 11 is 0. The number of hydrogen-bond acceptors (Lipinski definition) is 4. The molecule has 0 aromatic rings. The second kappa shape index (κ2) is 8.18. The number of aliphatic imine (C=N–C) groups is 1. The Bertz CT molecular complexity index is 307. The highest BCUT2D eigenvalue weighted by molar-refractivity contribution is 5.86. The van der Waals surface area contributed by atoms with E-state index in [-0.39, 0.29) is 5.97 Å². The van der Waals surface area contributed by atoms with Gasteiger partial charge in [0.25, 0.3) is 0 Å². The van der Waals surface area contributed by atoms with E-state index in [0.29, 0.717) is 13.2 Å². The van der Waals surface area contributed by atoms with Gasteiger partial charge in [0.15, 0.2) is 11.4 Å². The van der Waals surface area contributed by atoms with Crippen LogP contribution < -0.4 is 0 Å². The molecule has 110 valence electrons. The molecule has 0 aromatic heterocycles. The van der Waals surface area contributed by atoms with Crippen LogP contribution in [-0.4, -0.2) is 30.6 Å². The number of carbonyl (C=O) groups is 1. The number of hydrogen-bond donors (Lipinski definition) is 0. The molecular formula is C15H27NO3. The molecule has 0 heterocycles. The number of esters is 1. The molecule has 1 rings (SSSR count). The van der Waals surface area contributed by atoms with Crippen molar-refractivity contribution in [1.82, 2.24) is 0 Å². The molecule has 0 atom stereocenters. The van der Waals surface area contributed by atoms with Crippen LogP contribution >= 0.6 is 0 Å². The van der Waals surface area contributed by atoms with Gasteiger partial charge in [-0.25, -0.2) is 9.79 Å². The van der Waals surface area contributed by atoms with Gasteiger partial charge in [-0.2, -0.15) is 0 Å². The minimum absolute atomic E-state index is 0.179. The average molecular weight is 269 g/mol. The van der Waals surface area contributed by atoms with Crippen molar-refractivity contribution in [2.24, 2.45) is 4.99 Å². The van der Waals surface area contributed by atoms with Crippen molar-refractivity contribution in [1.29, 1.82) is 0 Å². The van der Waals surface area contributed by atoms with E-state index < -0.39 is 5.54 Å². The molecule has 0 unspecified atom stereocenters. The summed E-state index contributed by atoms with van der Waals surface area (Å²) in [6.07, 6.45) is 6.59. The Morgan fingerprint density at radius 1 is 1.11 bits per heavy atom. The van der Waals surface area contributed by atoms with Gasteiger partial charge in [0.1, 0.15) is 0 Å². The van der Waals surface area contributed by atoms with Crippen LogP contribution in [0.25, 0.3) is 0 Å². The topological polar surface area (TPSA) is 47.9 Å². The fraction of sp³-hybridized carbons (Fsp3) is 0.867. The van der Waals surface area contributed by atoms with Crippen LogP contribution in [-0.2, 0) is 14.3 Å². The lowest BCUT2D eigenvalue weighted by Crippen LogP contribution is -2.37. The van der Waals surface area contributed by atoms with Crippen LogP contribution in [0.1, 0.15) is 65.7 Å². The summed E-state index contributed by atoms with van der Waals surface area (Å²) in [5, 5.41) is 0. The normalized spacial score (nSPS) is 18.4. The van der Waals surface area contributed by atoms with Gasteiger partial charge in [-0.15, -0.1) is 0 Å². The van der Waals surface area contributed by atoms with Crippen molar-refractivity contribution in [3.63, 3.8) is 0 Å². The Balaban J connectivity index is 2.86. The van der Waals surface area contributed by atoms with Gasteiger partial charge in [-0.3, -0.25) is 0 Å². The van der Waals surface area contributed by atoms with Crippen LogP contribution in [0.3, 0.4) is 0 Å². The lowest BCUT2D eigenvalue weighted by Gasteiger charge is -2.23. The third-order valence-corrected chi connectivity index (χ3v) is 3.48. The Hall–Kier alpha value is -1.06. The van der Waals surface area contributed by atoms with Crippen LogP contribution in [0.15, 0.2) is 4.99 Å². The number of rotatable bonds is 7. The van der Waals surface area contributed by atoms with Crippen molar-refractivity contribution in [3.05, 3.63) is 0 Å². The molecule has 1 aliphatic carbocycles. The van der Waals surface area contributed by atoms with E-state index in [1.807, 2.05) is 13.8 Å². The Labute approximate surface area is 116 Å². The van der Waals surface area contributed by atoms with Crippen LogP contribution in [0.4, 0.5) is 0 Å². The molecule has 0 bridgehead atoms. The zero-order chi connectivity index (χ0) is 14.1. The molecule has 1 saturated carbocycles. The maximum atomic E-state index is 12.2. The Morgan fingerprint density at radius 2 is 1.74 bits per heavy atom. The Morgan fingerprint density at radius 3 is 2.26 bits per heavy atom. The second-order valence-electron chi connectivity index (χ2n) is 5.00. The maximum absolute atomic E-state index is 12.2. The average Bonchev–Trinajstić information content (AvgIpc) is 2.86. The van der Waals surface area contributed by atoms with Crippen molar-refractivity contribution >= 4 is 11.9 Å². The molecule has 0 N–H and O–H groups in total. The SMILES string of the molecule is CCCCC(=NC1(C(=O)OCC)CCCC1)OCC. The lowest BCUT2D eigenvalue weighted by molar-refractivity contribution is -0.149. The molecule has 4 heteroatoms. The molecule has 4 nitrogen and oxygen atoms in total. The smallest absolute Gasteiger partial charge is 0.334 e. The van der Waals surface area contributed by atoms with Gasteiger partial charge in [0, 0.05) is 6.42 Å². The first kappa shape index (κ1) is 16.0. The van der Waals surface area contributed by atoms with Gasteiger partial charge in [0.2, 0.25) is 0 Å². The predicted octanol–water partition coefficient (Wildman–Crippen LogP) is 3.49. The van der Waals surface area contributed by atoms with Crippen molar-refractivity contribution < 1.29 is 14.3 Å². The number of unbranched alkanes of at least 4 members (excludes halogenated alkanes) is 1. The fourth-order valence-corrected chi connectivity index (χ4v) is 2.48. The predicted molar refractivity (Wildman–Crippen MR) is 76.4 cm³/mol. The first-order valence-corrected chi connectivity index (χ1v) is 7.57. The monoisotopic (exact) mass is 269 g/mol. The van der Waals surface area contributed by atoms with E-state index in [2.05, 4.69) is 11.9 Å². The van der Waals surface area contributed by atoms with Crippen LogP contribution in [0.5, 0.6) is 0 Å². The van der Waals surface area contributed by atoms with Gasteiger partial charge in [-0.1, -0.05) is 26.2 Å². The summed E-state index contributed by atoms with van der Waals surface area (Å²) in [4.78, 5) is 16.9. The van der Waals surface area contributed by atoms with Crippen LogP contribution in [0, 0.1) is 0 Å². The van der Waals surface area contributed by atoms with Crippen LogP contribution in [0.2, 0.25) is 0 Å². The largest absolute Gasteiger partial charge is 0.481 e. The van der Waals surface area contributed by atoms with Gasteiger partial charge in [0.05, 0.1) is 13.2 Å². The van der Waals surface area contributed by atoms with E-state index in [4.69, 9.17) is 9.47 Å². The fourth-order valence-electron chi connectivity index (χ4n) is 2.48. The third kappa shape index (κ3) is 4.51. The molecule has 1 aliphatic rings. The summed E-state index contributed by atoms with van der Waals surface area (Å²) in [5.74, 6) is 0.542. The standard InChI is InChI=1S/C15H27NO3/c1-4-7-10-13(18-5-2)16-15(11-8-9-12-15)14(17)19-6-3/h4-12H2,1-3H3. The quantitative estimate of drug-likeness (QED) is 0.404. The highest BCUT2D eigenvalue weighted by Crippen LogP contribution is 2.35. The van der Waals surface area contributed by atoms with E-state index in [9.17, 15) is 4.79 Å². The number of nitrogens with zero attached hydrogens (tertiary/aromatic N) is 1. The molecule has 1 fully saturated rings. The summed E-state index contributed by atoms with van der Waals surface area (Å²) in [6.45, 7) is 6.94. The highest BCUT2D eigenvalue weighted by Gasteiger charge is 2.43. The van der Waals surface area contributed by atoms with Gasteiger partial charge < -0.3 is 9.47 Å². The zero-order valence-corrected chi connectivity index (χ0v) is 12.5. The van der Waals surface area contributed by atoms with Crippen molar-refractivity contribution in [2.45, 2.75) is 71.3 Å². The second-order valence-corrected chi connectivity index (χ2v) is 5.00. The van der Waals surface area contributed by atoms with Gasteiger partial charge >= 0.3 is 5.97 Å². The molecule has 0 saturated heterocycles. The first-order valence-electron chi connectivity index (χ1n) is 7.57. The molecule has 0 aromatic carbocycles. The van der Waals surface area contributed by atoms with Crippen molar-refractivity contribution in [3.8, 4) is 0 Å². The Kier molecular flexibility index (Phi) is 6.89. The lowest BCUT2D eigenvalue weighted by atomic mass is 9.98. The molecule has 0 radical (unpaired) electrons. The summed E-state index contributed by atoms with van der Waals surface area (Å²) in [6, 6.07) is 0. The zero-order valence-electron chi connectivity index (χ0n) is 12.5. The molecule has 0 aliphatic heterocycles. The molecule has 19 heavy (non-hydrogen) atoms. The van der Waals surface area contributed by atoms with E-state index >= 15 is 0 Å². The van der Waals surface area contributed by atoms with E-state index in [1.165, 1.54) is 0 Å². The maximum Gasteiger partial charge on any atom is 0.334 e. The highest BCUT2D eigenvalue weighted by atomic mass is 16.5. The van der Waals surface area contributed by atoms with Gasteiger partial charge in [-0.05, 0) is 33.1 Å². The summed E-state index contributed by atoms with van der Waals surface area (Å²) in [7, 11) is 0. The minimum Gasteiger partial charge on any atom is -0.481 e. The number of carbonyl (C=O) groups excluding carboxylic acids is 1. The van der Waals surface area contributed by atoms with E-state index in [0.717, 1.165) is 50.8 Å². The van der Waals surface area contributed by atoms with Crippen molar-refractivity contribution in [2.75, 3.05) is 13.2 Å². The number of ether oxygens (including phenoxy) is 2. The molecular weight excluding hydrogens is 242 g/mol. The minimum atomic E-state index is -0.672. The summed E-state index contributed by atoms with van der Waals surface area (Å²) < 4.78 is 10.8. The first-order chi connectivity index (χ1) is 9.18. The van der Waals surface area contributed by atoms with E-state index in [1.54, 1.807) is 0 Å². The third-order valence-electron chi connectivity index (χ3n) is 3.48. The summed E-state index contributed by atoms with van der Waals surface area (Å²) in [5.41, 5.74) is -0.672. The molecule has 0 amide bonds.